The minimum absolute atomic E-state index is 0.0100. The van der Waals surface area contributed by atoms with Gasteiger partial charge in [0.1, 0.15) is 28.8 Å². The Kier molecular flexibility index (Phi) is 7.36. The molecule has 29 heavy (non-hydrogen) atoms. The second-order valence-corrected chi connectivity index (χ2v) is 7.24. The molecule has 0 aliphatic heterocycles. The van der Waals surface area contributed by atoms with Crippen LogP contribution in [0.4, 0.5) is 13.2 Å². The number of ether oxygens (including phenoxy) is 3. The van der Waals surface area contributed by atoms with Crippen LogP contribution in [0.15, 0.2) is 47.4 Å². The van der Waals surface area contributed by atoms with Crippen molar-refractivity contribution in [1.82, 2.24) is 4.72 Å². The van der Waals surface area contributed by atoms with E-state index >= 15 is 0 Å². The van der Waals surface area contributed by atoms with Gasteiger partial charge in [0.25, 0.3) is 0 Å². The molecule has 2 aromatic rings. The van der Waals surface area contributed by atoms with Crippen LogP contribution in [0.5, 0.6) is 17.2 Å². The van der Waals surface area contributed by atoms with Crippen LogP contribution in [0.2, 0.25) is 0 Å². The summed E-state index contributed by atoms with van der Waals surface area (Å²) in [5, 5.41) is 0. The summed E-state index contributed by atoms with van der Waals surface area (Å²) < 4.78 is 80.3. The highest BCUT2D eigenvalue weighted by Crippen LogP contribution is 2.31. The number of halogens is 3. The van der Waals surface area contributed by atoms with Crippen molar-refractivity contribution >= 4 is 10.0 Å². The zero-order chi connectivity index (χ0) is 21.5. The fourth-order valence-corrected chi connectivity index (χ4v) is 3.30. The van der Waals surface area contributed by atoms with Crippen LogP contribution in [-0.2, 0) is 16.2 Å². The summed E-state index contributed by atoms with van der Waals surface area (Å²) in [6.45, 7) is -0.430. The Bertz CT molecular complexity index is 1010. The Labute approximate surface area is 166 Å². The van der Waals surface area contributed by atoms with Gasteiger partial charge in [0.05, 0.1) is 26.3 Å². The first kappa shape index (κ1) is 22.4. The van der Waals surface area contributed by atoms with Gasteiger partial charge in [0, 0.05) is 6.07 Å². The van der Waals surface area contributed by atoms with E-state index in [-0.39, 0.29) is 29.5 Å². The third-order valence-corrected chi connectivity index (χ3v) is 5.03. The van der Waals surface area contributed by atoms with Gasteiger partial charge in [-0.3, -0.25) is 0 Å². The van der Waals surface area contributed by atoms with Crippen LogP contribution in [0.3, 0.4) is 0 Å². The molecular weight excluding hydrogens is 411 g/mol. The molecule has 0 saturated heterocycles. The molecule has 2 rings (SSSR count). The highest BCUT2D eigenvalue weighted by atomic mass is 32.2. The van der Waals surface area contributed by atoms with Gasteiger partial charge in [-0.2, -0.15) is 17.9 Å². The van der Waals surface area contributed by atoms with Gasteiger partial charge in [0.2, 0.25) is 10.0 Å². The van der Waals surface area contributed by atoms with E-state index in [1.807, 2.05) is 0 Å². The van der Waals surface area contributed by atoms with E-state index in [2.05, 4.69) is 16.6 Å². The number of rotatable bonds is 7. The third kappa shape index (κ3) is 6.30. The van der Waals surface area contributed by atoms with E-state index in [9.17, 15) is 21.6 Å². The zero-order valence-corrected chi connectivity index (χ0v) is 16.4. The Morgan fingerprint density at radius 3 is 2.41 bits per heavy atom. The van der Waals surface area contributed by atoms with Gasteiger partial charge in [-0.25, -0.2) is 8.42 Å². The molecule has 0 spiro atoms. The largest absolute Gasteiger partial charge is 0.497 e. The summed E-state index contributed by atoms with van der Waals surface area (Å²) >= 11 is 0. The fourth-order valence-electron chi connectivity index (χ4n) is 2.20. The van der Waals surface area contributed by atoms with E-state index < -0.39 is 21.8 Å². The lowest BCUT2D eigenvalue weighted by atomic mass is 10.2. The van der Waals surface area contributed by atoms with Crippen molar-refractivity contribution in [3.8, 4) is 29.1 Å². The van der Waals surface area contributed by atoms with E-state index in [0.29, 0.717) is 5.75 Å². The predicted molar refractivity (Wildman–Crippen MR) is 99.4 cm³/mol. The van der Waals surface area contributed by atoms with Crippen molar-refractivity contribution in [3.05, 3.63) is 48.0 Å². The number of sulfonamides is 1. The Morgan fingerprint density at radius 1 is 1.00 bits per heavy atom. The fraction of sp³-hybridized carbons (Fsp3) is 0.263. The first-order valence-corrected chi connectivity index (χ1v) is 9.63. The predicted octanol–water partition coefficient (Wildman–Crippen LogP) is 3.08. The minimum Gasteiger partial charge on any atom is -0.497 e. The number of benzene rings is 2. The molecule has 1 N–H and O–H groups in total. The molecule has 0 atom stereocenters. The first-order chi connectivity index (χ1) is 13.7. The van der Waals surface area contributed by atoms with Crippen molar-refractivity contribution in [2.75, 3.05) is 27.4 Å². The molecule has 0 aliphatic rings. The van der Waals surface area contributed by atoms with Crippen LogP contribution in [0.25, 0.3) is 0 Å². The molecule has 0 radical (unpaired) electrons. The second-order valence-electron chi connectivity index (χ2n) is 5.51. The maximum absolute atomic E-state index is 12.6. The lowest BCUT2D eigenvalue weighted by molar-refractivity contribution is -0.137. The van der Waals surface area contributed by atoms with Gasteiger partial charge in [0.15, 0.2) is 0 Å². The second kappa shape index (κ2) is 9.54. The third-order valence-electron chi connectivity index (χ3n) is 3.61. The van der Waals surface area contributed by atoms with Gasteiger partial charge in [-0.1, -0.05) is 17.9 Å². The topological polar surface area (TPSA) is 73.9 Å². The summed E-state index contributed by atoms with van der Waals surface area (Å²) in [7, 11) is -1.18. The molecule has 0 fully saturated rings. The van der Waals surface area contributed by atoms with E-state index in [0.717, 1.165) is 12.1 Å². The van der Waals surface area contributed by atoms with E-state index in [1.54, 1.807) is 6.07 Å². The Hall–Kier alpha value is -2.90. The molecule has 0 heterocycles. The quantitative estimate of drug-likeness (QED) is 0.685. The molecule has 0 unspecified atom stereocenters. The summed E-state index contributed by atoms with van der Waals surface area (Å²) in [6, 6.07) is 8.71. The molecule has 6 nitrogen and oxygen atoms in total. The lowest BCUT2D eigenvalue weighted by Gasteiger charge is -2.11. The van der Waals surface area contributed by atoms with Crippen molar-refractivity contribution in [2.24, 2.45) is 0 Å². The van der Waals surface area contributed by atoms with Gasteiger partial charge < -0.3 is 14.2 Å². The average Bonchev–Trinajstić information content (AvgIpc) is 2.69. The number of alkyl halides is 3. The van der Waals surface area contributed by atoms with Crippen LogP contribution in [0, 0.1) is 11.8 Å². The minimum atomic E-state index is -4.47. The lowest BCUT2D eigenvalue weighted by Crippen LogP contribution is -2.24. The SMILES string of the molecule is COc1ccc(OC)c(S(=O)(=O)NCC#CCOc2cccc(C(F)(F)F)c2)c1. The maximum atomic E-state index is 12.6. The van der Waals surface area contributed by atoms with Gasteiger partial charge in [-0.15, -0.1) is 0 Å². The van der Waals surface area contributed by atoms with Crippen LogP contribution in [0.1, 0.15) is 5.56 Å². The van der Waals surface area contributed by atoms with Crippen molar-refractivity contribution in [2.45, 2.75) is 11.1 Å². The molecule has 2 aromatic carbocycles. The van der Waals surface area contributed by atoms with Gasteiger partial charge >= 0.3 is 6.18 Å². The number of nitrogens with one attached hydrogen (secondary N) is 1. The van der Waals surface area contributed by atoms with Crippen LogP contribution in [-0.4, -0.2) is 35.8 Å². The van der Waals surface area contributed by atoms with Crippen molar-refractivity contribution in [3.63, 3.8) is 0 Å². The molecule has 0 bridgehead atoms. The molecule has 0 saturated carbocycles. The molecular formula is C19H18F3NO5S. The molecule has 0 aromatic heterocycles. The average molecular weight is 429 g/mol. The number of hydrogen-bond donors (Lipinski definition) is 1. The van der Waals surface area contributed by atoms with Crippen LogP contribution < -0.4 is 18.9 Å². The highest BCUT2D eigenvalue weighted by Gasteiger charge is 2.30. The molecule has 10 heteroatoms. The monoisotopic (exact) mass is 429 g/mol. The van der Waals surface area contributed by atoms with E-state index in [1.165, 1.54) is 38.5 Å². The summed E-state index contributed by atoms with van der Waals surface area (Å²) in [5.41, 5.74) is -0.831. The molecule has 0 aliphatic carbocycles. The smallest absolute Gasteiger partial charge is 0.416 e. The summed E-state index contributed by atoms with van der Waals surface area (Å²) in [5.74, 6) is 5.55. The normalized spacial score (nSPS) is 11.3. The summed E-state index contributed by atoms with van der Waals surface area (Å²) in [4.78, 5) is -0.110. The number of methoxy groups -OCH3 is 2. The first-order valence-electron chi connectivity index (χ1n) is 8.15. The number of hydrogen-bond acceptors (Lipinski definition) is 5. The summed E-state index contributed by atoms with van der Waals surface area (Å²) in [6.07, 6.45) is -4.47. The van der Waals surface area contributed by atoms with Crippen LogP contribution >= 0.6 is 0 Å². The molecule has 156 valence electrons. The maximum Gasteiger partial charge on any atom is 0.416 e. The van der Waals surface area contributed by atoms with Gasteiger partial charge in [-0.05, 0) is 30.3 Å². The standard InChI is InChI=1S/C19H18F3NO5S/c1-26-15-8-9-17(27-2)18(13-15)29(24,25)23-10-3-4-11-28-16-7-5-6-14(12-16)19(20,21)22/h5-9,12-13,23H,10-11H2,1-2H3. The van der Waals surface area contributed by atoms with E-state index in [4.69, 9.17) is 14.2 Å². The molecule has 0 amide bonds. The Morgan fingerprint density at radius 2 is 1.76 bits per heavy atom. The zero-order valence-electron chi connectivity index (χ0n) is 15.5. The Balaban J connectivity index is 1.95. The van der Waals surface area contributed by atoms with Crippen molar-refractivity contribution < 1.29 is 35.8 Å². The van der Waals surface area contributed by atoms with Crippen molar-refractivity contribution in [1.29, 1.82) is 0 Å². The highest BCUT2D eigenvalue weighted by molar-refractivity contribution is 7.89.